The zero-order valence-electron chi connectivity index (χ0n) is 17.7. The highest BCUT2D eigenvalue weighted by molar-refractivity contribution is 7.18. The van der Waals surface area contributed by atoms with Crippen LogP contribution in [-0.2, 0) is 24.2 Å². The van der Waals surface area contributed by atoms with Gasteiger partial charge in [0.2, 0.25) is 0 Å². The molecule has 0 spiro atoms. The molecule has 3 heterocycles. The van der Waals surface area contributed by atoms with E-state index in [9.17, 15) is 14.0 Å². The third-order valence-corrected chi connectivity index (χ3v) is 7.32. The summed E-state index contributed by atoms with van der Waals surface area (Å²) in [6.45, 7) is 2.96. The van der Waals surface area contributed by atoms with Crippen LogP contribution in [0.4, 0.5) is 4.39 Å². The van der Waals surface area contributed by atoms with Crippen molar-refractivity contribution in [1.82, 2.24) is 19.8 Å². The van der Waals surface area contributed by atoms with Gasteiger partial charge in [0.25, 0.3) is 11.5 Å². The monoisotopic (exact) mass is 456 g/mol. The average Bonchev–Trinajstić information content (AvgIpc) is 3.17. The number of thiophene rings is 1. The van der Waals surface area contributed by atoms with E-state index in [4.69, 9.17) is 9.72 Å². The van der Waals surface area contributed by atoms with Crippen molar-refractivity contribution in [3.8, 4) is 5.75 Å². The van der Waals surface area contributed by atoms with E-state index in [-0.39, 0.29) is 18.1 Å². The summed E-state index contributed by atoms with van der Waals surface area (Å²) in [5.74, 6) is 0.509. The van der Waals surface area contributed by atoms with Crippen LogP contribution in [0.25, 0.3) is 10.2 Å². The Balaban J connectivity index is 1.17. The third kappa shape index (κ3) is 4.40. The van der Waals surface area contributed by atoms with Crippen LogP contribution in [0.5, 0.6) is 5.75 Å². The number of piperazine rings is 1. The number of benzene rings is 1. The summed E-state index contributed by atoms with van der Waals surface area (Å²) in [4.78, 5) is 39.0. The Morgan fingerprint density at radius 1 is 1.19 bits per heavy atom. The molecule has 0 atom stereocenters. The fraction of sp³-hybridized carbons (Fsp3) is 0.435. The first-order valence-corrected chi connectivity index (χ1v) is 11.8. The molecule has 2 aromatic heterocycles. The Hall–Kier alpha value is -2.78. The van der Waals surface area contributed by atoms with Gasteiger partial charge in [0, 0.05) is 37.1 Å². The molecule has 1 fully saturated rings. The SMILES string of the molecule is O=C(COc1cccc(F)c1)N1CCN(Cc2nc3sc4c(c3c(=O)[nH]2)CCCC4)CC1. The fourth-order valence-electron chi connectivity index (χ4n) is 4.44. The molecule has 168 valence electrons. The fourth-order valence-corrected chi connectivity index (χ4v) is 5.72. The number of rotatable bonds is 5. The zero-order chi connectivity index (χ0) is 22.1. The molecule has 9 heteroatoms. The first-order valence-electron chi connectivity index (χ1n) is 11.0. The molecule has 5 rings (SSSR count). The van der Waals surface area contributed by atoms with Gasteiger partial charge in [0.1, 0.15) is 22.2 Å². The highest BCUT2D eigenvalue weighted by atomic mass is 32.1. The van der Waals surface area contributed by atoms with Gasteiger partial charge < -0.3 is 14.6 Å². The van der Waals surface area contributed by atoms with Crippen molar-refractivity contribution in [3.05, 3.63) is 56.7 Å². The maximum atomic E-state index is 13.2. The van der Waals surface area contributed by atoms with Crippen LogP contribution in [0.15, 0.2) is 29.1 Å². The number of hydrogen-bond donors (Lipinski definition) is 1. The molecule has 2 aliphatic rings. The lowest BCUT2D eigenvalue weighted by molar-refractivity contribution is -0.135. The number of carbonyl (C=O) groups excluding carboxylic acids is 1. The molecular weight excluding hydrogens is 431 g/mol. The Labute approximate surface area is 188 Å². The van der Waals surface area contributed by atoms with E-state index < -0.39 is 5.82 Å². The first kappa shape index (κ1) is 21.1. The van der Waals surface area contributed by atoms with Gasteiger partial charge in [-0.3, -0.25) is 14.5 Å². The van der Waals surface area contributed by atoms with Crippen molar-refractivity contribution < 1.29 is 13.9 Å². The van der Waals surface area contributed by atoms with Crippen LogP contribution < -0.4 is 10.3 Å². The lowest BCUT2D eigenvalue weighted by Gasteiger charge is -2.34. The van der Waals surface area contributed by atoms with E-state index in [1.54, 1.807) is 28.4 Å². The molecule has 1 amide bonds. The number of H-pyrrole nitrogens is 1. The molecule has 32 heavy (non-hydrogen) atoms. The van der Waals surface area contributed by atoms with Gasteiger partial charge in [-0.2, -0.15) is 0 Å². The standard InChI is InChI=1S/C23H25FN4O3S/c24-15-4-3-5-16(12-15)31-14-20(29)28-10-8-27(9-11-28)13-19-25-22(30)21-17-6-1-2-7-18(17)32-23(21)26-19/h3-5,12H,1-2,6-11,13-14H2,(H,25,26,30). The molecule has 1 saturated heterocycles. The molecule has 7 nitrogen and oxygen atoms in total. The summed E-state index contributed by atoms with van der Waals surface area (Å²) in [5.41, 5.74) is 1.16. The van der Waals surface area contributed by atoms with Crippen molar-refractivity contribution in [2.75, 3.05) is 32.8 Å². The van der Waals surface area contributed by atoms with Crippen molar-refractivity contribution in [2.45, 2.75) is 32.2 Å². The van der Waals surface area contributed by atoms with Crippen molar-refractivity contribution in [3.63, 3.8) is 0 Å². The summed E-state index contributed by atoms with van der Waals surface area (Å²) >= 11 is 1.66. The van der Waals surface area contributed by atoms with Gasteiger partial charge in [-0.1, -0.05) is 6.07 Å². The summed E-state index contributed by atoms with van der Waals surface area (Å²) in [6.07, 6.45) is 4.33. The minimum Gasteiger partial charge on any atom is -0.484 e. The molecule has 1 aliphatic carbocycles. The number of carbonyl (C=O) groups is 1. The van der Waals surface area contributed by atoms with Crippen LogP contribution in [0.1, 0.15) is 29.1 Å². The maximum absolute atomic E-state index is 13.2. The number of fused-ring (bicyclic) bond motifs is 3. The van der Waals surface area contributed by atoms with Crippen molar-refractivity contribution in [2.24, 2.45) is 0 Å². The van der Waals surface area contributed by atoms with Crippen LogP contribution >= 0.6 is 11.3 Å². The Bertz CT molecular complexity index is 1200. The largest absolute Gasteiger partial charge is 0.484 e. The van der Waals surface area contributed by atoms with Gasteiger partial charge in [-0.05, 0) is 43.4 Å². The normalized spacial score (nSPS) is 16.8. The summed E-state index contributed by atoms with van der Waals surface area (Å²) in [6, 6.07) is 5.78. The number of hydrogen-bond acceptors (Lipinski definition) is 6. The van der Waals surface area contributed by atoms with Crippen molar-refractivity contribution in [1.29, 1.82) is 0 Å². The van der Waals surface area contributed by atoms with E-state index in [0.29, 0.717) is 44.3 Å². The van der Waals surface area contributed by atoms with Crippen LogP contribution in [-0.4, -0.2) is 58.5 Å². The topological polar surface area (TPSA) is 78.5 Å². The quantitative estimate of drug-likeness (QED) is 0.639. The van der Waals surface area contributed by atoms with Gasteiger partial charge in [-0.25, -0.2) is 9.37 Å². The number of aromatic amines is 1. The lowest BCUT2D eigenvalue weighted by atomic mass is 9.97. The molecule has 0 radical (unpaired) electrons. The van der Waals surface area contributed by atoms with Crippen LogP contribution in [0.3, 0.4) is 0 Å². The Morgan fingerprint density at radius 3 is 2.81 bits per heavy atom. The maximum Gasteiger partial charge on any atom is 0.260 e. The number of aromatic nitrogens is 2. The highest BCUT2D eigenvalue weighted by Gasteiger charge is 2.23. The average molecular weight is 457 g/mol. The number of nitrogens with zero attached hydrogens (tertiary/aromatic N) is 3. The summed E-state index contributed by atoms with van der Waals surface area (Å²) in [7, 11) is 0. The van der Waals surface area contributed by atoms with E-state index in [1.807, 2.05) is 0 Å². The molecule has 0 saturated carbocycles. The second-order valence-corrected chi connectivity index (χ2v) is 9.39. The van der Waals surface area contributed by atoms with E-state index >= 15 is 0 Å². The molecule has 0 bridgehead atoms. The number of aryl methyl sites for hydroxylation is 2. The van der Waals surface area contributed by atoms with Gasteiger partial charge in [-0.15, -0.1) is 11.3 Å². The van der Waals surface area contributed by atoms with E-state index in [2.05, 4.69) is 9.88 Å². The number of ether oxygens (including phenoxy) is 1. The number of halogens is 1. The van der Waals surface area contributed by atoms with Crippen LogP contribution in [0.2, 0.25) is 0 Å². The molecule has 3 aromatic rings. The first-order chi connectivity index (χ1) is 15.6. The second kappa shape index (κ2) is 8.99. The number of amides is 1. The molecule has 0 unspecified atom stereocenters. The highest BCUT2D eigenvalue weighted by Crippen LogP contribution is 2.33. The molecule has 1 N–H and O–H groups in total. The predicted octanol–water partition coefficient (Wildman–Crippen LogP) is 2.73. The third-order valence-electron chi connectivity index (χ3n) is 6.13. The van der Waals surface area contributed by atoms with Gasteiger partial charge in [0.05, 0.1) is 11.9 Å². The summed E-state index contributed by atoms with van der Waals surface area (Å²) in [5, 5.41) is 0.780. The van der Waals surface area contributed by atoms with Gasteiger partial charge >= 0.3 is 0 Å². The lowest BCUT2D eigenvalue weighted by Crippen LogP contribution is -2.49. The van der Waals surface area contributed by atoms with Crippen LogP contribution in [0, 0.1) is 5.82 Å². The smallest absolute Gasteiger partial charge is 0.260 e. The molecule has 1 aliphatic heterocycles. The minimum absolute atomic E-state index is 0.0345. The van der Waals surface area contributed by atoms with E-state index in [1.165, 1.54) is 29.0 Å². The minimum atomic E-state index is -0.392. The van der Waals surface area contributed by atoms with Gasteiger partial charge in [0.15, 0.2) is 6.61 Å². The molecular formula is C23H25FN4O3S. The Morgan fingerprint density at radius 2 is 2.00 bits per heavy atom. The number of nitrogens with one attached hydrogen (secondary N) is 1. The second-order valence-electron chi connectivity index (χ2n) is 8.31. The zero-order valence-corrected chi connectivity index (χ0v) is 18.5. The predicted molar refractivity (Wildman–Crippen MR) is 121 cm³/mol. The van der Waals surface area contributed by atoms with Crippen molar-refractivity contribution >= 4 is 27.5 Å². The Kier molecular flexibility index (Phi) is 5.93. The van der Waals surface area contributed by atoms with E-state index in [0.717, 1.165) is 29.5 Å². The molecule has 1 aromatic carbocycles. The summed E-state index contributed by atoms with van der Waals surface area (Å²) < 4.78 is 18.7.